The van der Waals surface area contributed by atoms with Gasteiger partial charge in [0, 0.05) is 11.5 Å². The molecule has 2 unspecified atom stereocenters. The number of rotatable bonds is 7. The molecule has 0 radical (unpaired) electrons. The molecule has 2 aromatic rings. The topological polar surface area (TPSA) is 18.5 Å². The molecule has 2 aromatic carbocycles. The van der Waals surface area contributed by atoms with Crippen molar-refractivity contribution in [3.63, 3.8) is 0 Å². The molecule has 1 fully saturated rings. The highest BCUT2D eigenvalue weighted by Gasteiger charge is 2.27. The summed E-state index contributed by atoms with van der Waals surface area (Å²) in [5, 5.41) is 0. The van der Waals surface area contributed by atoms with Crippen LogP contribution in [0.5, 0.6) is 5.75 Å². The molecule has 1 heterocycles. The van der Waals surface area contributed by atoms with Crippen molar-refractivity contribution in [3.8, 4) is 16.9 Å². The third-order valence-electron chi connectivity index (χ3n) is 5.24. The second-order valence-electron chi connectivity index (χ2n) is 7.34. The van der Waals surface area contributed by atoms with E-state index in [0.717, 1.165) is 32.1 Å². The first-order valence-corrected chi connectivity index (χ1v) is 10.1. The van der Waals surface area contributed by atoms with E-state index in [-0.39, 0.29) is 28.9 Å². The van der Waals surface area contributed by atoms with Crippen LogP contribution in [-0.2, 0) is 4.74 Å². The molecule has 3 rings (SSSR count). The van der Waals surface area contributed by atoms with Gasteiger partial charge in [0.2, 0.25) is 0 Å². The van der Waals surface area contributed by atoms with Crippen LogP contribution >= 0.6 is 0 Å². The van der Waals surface area contributed by atoms with Crippen molar-refractivity contribution in [2.24, 2.45) is 0 Å². The molecule has 2 nitrogen and oxygen atoms in total. The van der Waals surface area contributed by atoms with Crippen LogP contribution in [-0.4, -0.2) is 19.3 Å². The van der Waals surface area contributed by atoms with E-state index in [1.807, 2.05) is 6.92 Å². The van der Waals surface area contributed by atoms with Crippen LogP contribution in [0.1, 0.15) is 57.4 Å². The zero-order valence-corrected chi connectivity index (χ0v) is 16.4. The number of benzene rings is 2. The van der Waals surface area contributed by atoms with E-state index < -0.39 is 17.5 Å². The summed E-state index contributed by atoms with van der Waals surface area (Å²) < 4.78 is 54.8. The lowest BCUT2D eigenvalue weighted by atomic mass is 9.88. The van der Waals surface area contributed by atoms with Gasteiger partial charge in [0.15, 0.2) is 23.2 Å². The molecule has 0 spiro atoms. The highest BCUT2D eigenvalue weighted by molar-refractivity contribution is 5.66. The minimum atomic E-state index is -0.949. The van der Waals surface area contributed by atoms with Gasteiger partial charge in [-0.3, -0.25) is 0 Å². The average Bonchev–Trinajstić information content (AvgIpc) is 2.70. The van der Waals surface area contributed by atoms with Gasteiger partial charge in [0.05, 0.1) is 19.3 Å². The van der Waals surface area contributed by atoms with Crippen LogP contribution < -0.4 is 4.74 Å². The minimum Gasteiger partial charge on any atom is -0.491 e. The van der Waals surface area contributed by atoms with Gasteiger partial charge in [0.1, 0.15) is 0 Å². The molecule has 0 aliphatic carbocycles. The van der Waals surface area contributed by atoms with Crippen molar-refractivity contribution in [1.29, 1.82) is 0 Å². The van der Waals surface area contributed by atoms with Gasteiger partial charge >= 0.3 is 0 Å². The SMILES string of the molecule is CCCOc1ccc(-c2ccc(C3CCC(CCC)OC3)c(F)c2F)cc1F. The molecule has 0 aromatic heterocycles. The van der Waals surface area contributed by atoms with E-state index >= 15 is 0 Å². The molecule has 1 aliphatic rings. The summed E-state index contributed by atoms with van der Waals surface area (Å²) in [6.07, 6.45) is 4.64. The van der Waals surface area contributed by atoms with Gasteiger partial charge in [-0.2, -0.15) is 0 Å². The largest absolute Gasteiger partial charge is 0.491 e. The molecule has 2 atom stereocenters. The smallest absolute Gasteiger partial charge is 0.166 e. The Hall–Kier alpha value is -2.01. The molecular weight excluding hydrogens is 365 g/mol. The maximum atomic E-state index is 14.8. The minimum absolute atomic E-state index is 0.0442. The summed E-state index contributed by atoms with van der Waals surface area (Å²) >= 11 is 0. The van der Waals surface area contributed by atoms with Crippen LogP contribution in [0.25, 0.3) is 11.1 Å². The van der Waals surface area contributed by atoms with Crippen molar-refractivity contribution in [3.05, 3.63) is 53.3 Å². The van der Waals surface area contributed by atoms with E-state index in [1.54, 1.807) is 12.1 Å². The third-order valence-corrected chi connectivity index (χ3v) is 5.24. The van der Waals surface area contributed by atoms with Crippen LogP contribution in [0, 0.1) is 17.5 Å². The highest BCUT2D eigenvalue weighted by Crippen LogP contribution is 2.35. The summed E-state index contributed by atoms with van der Waals surface area (Å²) in [7, 11) is 0. The van der Waals surface area contributed by atoms with Gasteiger partial charge in [-0.15, -0.1) is 0 Å². The number of halogens is 3. The average molecular weight is 392 g/mol. The normalized spacial score (nSPS) is 19.6. The second kappa shape index (κ2) is 9.46. The molecule has 152 valence electrons. The summed E-state index contributed by atoms with van der Waals surface area (Å²) in [6, 6.07) is 7.30. The molecule has 0 amide bonds. The van der Waals surface area contributed by atoms with E-state index in [0.29, 0.717) is 18.8 Å². The third kappa shape index (κ3) is 4.52. The summed E-state index contributed by atoms with van der Waals surface area (Å²) in [5.74, 6) is -2.44. The standard InChI is InChI=1S/C23H27F3O2/c1-3-5-17-8-6-16(14-28-17)19-10-9-18(22(25)23(19)26)15-7-11-21(20(24)13-15)27-12-4-2/h7,9-11,13,16-17H,3-6,8,12,14H2,1-2H3. The first-order valence-electron chi connectivity index (χ1n) is 10.1. The van der Waals surface area contributed by atoms with Crippen LogP contribution in [0.15, 0.2) is 30.3 Å². The number of ether oxygens (including phenoxy) is 2. The summed E-state index contributed by atoms with van der Waals surface area (Å²) in [6.45, 7) is 4.83. The van der Waals surface area contributed by atoms with Gasteiger partial charge in [-0.25, -0.2) is 13.2 Å². The second-order valence-corrected chi connectivity index (χ2v) is 7.34. The fourth-order valence-electron chi connectivity index (χ4n) is 3.70. The van der Waals surface area contributed by atoms with Crippen molar-refractivity contribution in [2.75, 3.05) is 13.2 Å². The van der Waals surface area contributed by atoms with E-state index in [4.69, 9.17) is 9.47 Å². The lowest BCUT2D eigenvalue weighted by molar-refractivity contribution is -0.00181. The fraction of sp³-hybridized carbons (Fsp3) is 0.478. The Bertz CT molecular complexity index is 799. The molecule has 28 heavy (non-hydrogen) atoms. The molecule has 5 heteroatoms. The van der Waals surface area contributed by atoms with E-state index in [9.17, 15) is 13.2 Å². The summed E-state index contributed by atoms with van der Waals surface area (Å²) in [5.41, 5.74) is 0.662. The monoisotopic (exact) mass is 392 g/mol. The Morgan fingerprint density at radius 2 is 1.82 bits per heavy atom. The summed E-state index contributed by atoms with van der Waals surface area (Å²) in [4.78, 5) is 0. The van der Waals surface area contributed by atoms with E-state index in [1.165, 1.54) is 18.2 Å². The molecule has 1 aliphatic heterocycles. The Morgan fingerprint density at radius 3 is 2.46 bits per heavy atom. The van der Waals surface area contributed by atoms with Gasteiger partial charge < -0.3 is 9.47 Å². The molecular formula is C23H27F3O2. The maximum absolute atomic E-state index is 14.8. The van der Waals surface area contributed by atoms with Gasteiger partial charge in [-0.05, 0) is 48.9 Å². The quantitative estimate of drug-likeness (QED) is 0.527. The Morgan fingerprint density at radius 1 is 1.00 bits per heavy atom. The van der Waals surface area contributed by atoms with Crippen LogP contribution in [0.4, 0.5) is 13.2 Å². The first kappa shape index (κ1) is 20.7. The lowest BCUT2D eigenvalue weighted by Gasteiger charge is -2.29. The lowest BCUT2D eigenvalue weighted by Crippen LogP contribution is -2.25. The molecule has 0 N–H and O–H groups in total. The molecule has 1 saturated heterocycles. The predicted molar refractivity (Wildman–Crippen MR) is 104 cm³/mol. The van der Waals surface area contributed by atoms with Crippen molar-refractivity contribution in [2.45, 2.75) is 58.0 Å². The zero-order chi connectivity index (χ0) is 20.1. The maximum Gasteiger partial charge on any atom is 0.166 e. The van der Waals surface area contributed by atoms with Crippen molar-refractivity contribution in [1.82, 2.24) is 0 Å². The van der Waals surface area contributed by atoms with Crippen LogP contribution in [0.3, 0.4) is 0 Å². The van der Waals surface area contributed by atoms with Crippen molar-refractivity contribution < 1.29 is 22.6 Å². The Labute approximate surface area is 164 Å². The van der Waals surface area contributed by atoms with E-state index in [2.05, 4.69) is 6.92 Å². The first-order chi connectivity index (χ1) is 13.5. The van der Waals surface area contributed by atoms with Gasteiger partial charge in [0.25, 0.3) is 0 Å². The predicted octanol–water partition coefficient (Wildman–Crippen LogP) is 6.62. The Kier molecular flexibility index (Phi) is 7.00. The molecule has 0 saturated carbocycles. The Balaban J connectivity index is 1.80. The highest BCUT2D eigenvalue weighted by atomic mass is 19.2. The zero-order valence-electron chi connectivity index (χ0n) is 16.4. The fourth-order valence-corrected chi connectivity index (χ4v) is 3.70. The van der Waals surface area contributed by atoms with Gasteiger partial charge in [-0.1, -0.05) is 38.5 Å². The number of hydrogen-bond acceptors (Lipinski definition) is 2. The number of hydrogen-bond donors (Lipinski definition) is 0. The van der Waals surface area contributed by atoms with Crippen LogP contribution in [0.2, 0.25) is 0 Å². The van der Waals surface area contributed by atoms with Crippen molar-refractivity contribution >= 4 is 0 Å². The molecule has 0 bridgehead atoms.